The minimum Gasteiger partial charge on any atom is -0.466 e. The first-order chi connectivity index (χ1) is 14.5. The van der Waals surface area contributed by atoms with Crippen LogP contribution in [0.2, 0.25) is 5.02 Å². The van der Waals surface area contributed by atoms with Crippen molar-refractivity contribution in [1.29, 1.82) is 0 Å². The fourth-order valence-electron chi connectivity index (χ4n) is 4.20. The lowest BCUT2D eigenvalue weighted by Gasteiger charge is -2.38. The van der Waals surface area contributed by atoms with Crippen molar-refractivity contribution in [1.82, 2.24) is 10.2 Å². The van der Waals surface area contributed by atoms with Gasteiger partial charge in [-0.05, 0) is 42.7 Å². The predicted molar refractivity (Wildman–Crippen MR) is 112 cm³/mol. The van der Waals surface area contributed by atoms with E-state index in [2.05, 4.69) is 5.32 Å². The number of fused-ring (bicyclic) bond motifs is 1. The second-order valence-corrected chi connectivity index (χ2v) is 7.73. The van der Waals surface area contributed by atoms with Gasteiger partial charge in [0.2, 0.25) is 5.91 Å². The Labute approximate surface area is 179 Å². The maximum atomic E-state index is 13.4. The highest BCUT2D eigenvalue weighted by molar-refractivity contribution is 6.30. The van der Waals surface area contributed by atoms with Crippen LogP contribution in [0, 0.1) is 0 Å². The Balaban J connectivity index is 1.82. The highest BCUT2D eigenvalue weighted by Crippen LogP contribution is 2.41. The zero-order chi connectivity index (χ0) is 21.3. The van der Waals surface area contributed by atoms with E-state index in [9.17, 15) is 14.4 Å². The number of hydrogen-bond donors (Lipinski definition) is 1. The SMILES string of the molecule is COC(=O)C1=C2CCCN2C(=O)[C@H](NC(=O)c2ccccc2)[C@H]1c1ccc(Cl)cc1. The Bertz CT molecular complexity index is 1020. The smallest absolute Gasteiger partial charge is 0.336 e. The Morgan fingerprint density at radius 1 is 1.10 bits per heavy atom. The molecule has 0 spiro atoms. The number of allylic oxidation sites excluding steroid dienone is 1. The minimum absolute atomic E-state index is 0.223. The molecule has 2 aliphatic rings. The first-order valence-electron chi connectivity index (χ1n) is 9.75. The first-order valence-corrected chi connectivity index (χ1v) is 10.1. The number of hydrogen-bond acceptors (Lipinski definition) is 4. The molecular formula is C23H21ClN2O4. The van der Waals surface area contributed by atoms with Crippen molar-refractivity contribution in [3.05, 3.63) is 82.0 Å². The molecule has 2 aliphatic heterocycles. The van der Waals surface area contributed by atoms with Gasteiger partial charge in [-0.3, -0.25) is 9.59 Å². The number of benzene rings is 2. The van der Waals surface area contributed by atoms with Crippen molar-refractivity contribution < 1.29 is 19.1 Å². The van der Waals surface area contributed by atoms with Gasteiger partial charge in [-0.1, -0.05) is 41.9 Å². The van der Waals surface area contributed by atoms with Gasteiger partial charge in [0.25, 0.3) is 5.91 Å². The van der Waals surface area contributed by atoms with Crippen LogP contribution in [0.15, 0.2) is 65.9 Å². The van der Waals surface area contributed by atoms with Gasteiger partial charge in [-0.15, -0.1) is 0 Å². The molecule has 2 heterocycles. The molecule has 0 saturated carbocycles. The van der Waals surface area contributed by atoms with Gasteiger partial charge in [0.15, 0.2) is 0 Å². The normalized spacial score (nSPS) is 20.7. The summed E-state index contributed by atoms with van der Waals surface area (Å²) in [5.41, 5.74) is 2.24. The molecule has 4 rings (SSSR count). The monoisotopic (exact) mass is 424 g/mol. The van der Waals surface area contributed by atoms with Crippen molar-refractivity contribution in [3.63, 3.8) is 0 Å². The average molecular weight is 425 g/mol. The molecule has 2 atom stereocenters. The third kappa shape index (κ3) is 3.59. The van der Waals surface area contributed by atoms with Crippen LogP contribution in [0.1, 0.15) is 34.7 Å². The van der Waals surface area contributed by atoms with Crippen LogP contribution < -0.4 is 5.32 Å². The third-order valence-electron chi connectivity index (χ3n) is 5.57. The number of ether oxygens (including phenoxy) is 1. The van der Waals surface area contributed by atoms with E-state index in [1.807, 2.05) is 6.07 Å². The Morgan fingerprint density at radius 3 is 2.47 bits per heavy atom. The molecule has 6 nitrogen and oxygen atoms in total. The minimum atomic E-state index is -0.935. The molecular weight excluding hydrogens is 404 g/mol. The summed E-state index contributed by atoms with van der Waals surface area (Å²) in [5, 5.41) is 3.41. The molecule has 0 radical (unpaired) electrons. The molecule has 2 amide bonds. The fraction of sp³-hybridized carbons (Fsp3) is 0.261. The number of amides is 2. The van der Waals surface area contributed by atoms with Crippen LogP contribution in [0.25, 0.3) is 0 Å². The Hall–Kier alpha value is -3.12. The van der Waals surface area contributed by atoms with Crippen LogP contribution in [-0.2, 0) is 14.3 Å². The van der Waals surface area contributed by atoms with E-state index >= 15 is 0 Å². The maximum Gasteiger partial charge on any atom is 0.336 e. The standard InChI is InChI=1S/C23H21ClN2O4/c1-30-23(29)19-17-8-5-13-26(17)22(28)20(18(19)14-9-11-16(24)12-10-14)25-21(27)15-6-3-2-4-7-15/h2-4,6-7,9-12,18,20H,5,8,13H2,1H3,(H,25,27)/t18-,20+/m0/s1. The van der Waals surface area contributed by atoms with E-state index in [4.69, 9.17) is 16.3 Å². The number of rotatable bonds is 4. The summed E-state index contributed by atoms with van der Waals surface area (Å²) in [4.78, 5) is 40.7. The lowest BCUT2D eigenvalue weighted by molar-refractivity contribution is -0.138. The molecule has 0 aromatic heterocycles. The van der Waals surface area contributed by atoms with Gasteiger partial charge < -0.3 is 15.0 Å². The largest absolute Gasteiger partial charge is 0.466 e. The number of carbonyl (C=O) groups is 3. The fourth-order valence-corrected chi connectivity index (χ4v) is 4.32. The number of nitrogens with one attached hydrogen (secondary N) is 1. The summed E-state index contributed by atoms with van der Waals surface area (Å²) in [6.45, 7) is 0.514. The molecule has 1 saturated heterocycles. The number of halogens is 1. The summed E-state index contributed by atoms with van der Waals surface area (Å²) in [6.07, 6.45) is 1.37. The first kappa shape index (κ1) is 20.2. The number of nitrogens with zero attached hydrogens (tertiary/aromatic N) is 1. The lowest BCUT2D eigenvalue weighted by atomic mass is 9.80. The van der Waals surface area contributed by atoms with E-state index in [0.29, 0.717) is 40.4 Å². The highest BCUT2D eigenvalue weighted by atomic mass is 35.5. The topological polar surface area (TPSA) is 75.7 Å². The second kappa shape index (κ2) is 8.32. The maximum absolute atomic E-state index is 13.4. The van der Waals surface area contributed by atoms with Crippen molar-refractivity contribution in [2.75, 3.05) is 13.7 Å². The number of methoxy groups -OCH3 is 1. The molecule has 0 aliphatic carbocycles. The summed E-state index contributed by atoms with van der Waals surface area (Å²) in [5.74, 6) is -1.76. The molecule has 7 heteroatoms. The highest BCUT2D eigenvalue weighted by Gasteiger charge is 2.47. The van der Waals surface area contributed by atoms with Crippen molar-refractivity contribution >= 4 is 29.4 Å². The molecule has 2 aromatic rings. The Kier molecular flexibility index (Phi) is 5.59. The summed E-state index contributed by atoms with van der Waals surface area (Å²) >= 11 is 6.05. The third-order valence-corrected chi connectivity index (χ3v) is 5.82. The van der Waals surface area contributed by atoms with Gasteiger partial charge in [-0.2, -0.15) is 0 Å². The number of carbonyl (C=O) groups excluding carboxylic acids is 3. The summed E-state index contributed by atoms with van der Waals surface area (Å²) in [6, 6.07) is 14.7. The molecule has 1 fully saturated rings. The molecule has 154 valence electrons. The molecule has 0 bridgehead atoms. The van der Waals surface area contributed by atoms with Gasteiger partial charge in [0, 0.05) is 28.7 Å². The molecule has 30 heavy (non-hydrogen) atoms. The van der Waals surface area contributed by atoms with Crippen molar-refractivity contribution in [3.8, 4) is 0 Å². The second-order valence-electron chi connectivity index (χ2n) is 7.29. The summed E-state index contributed by atoms with van der Waals surface area (Å²) in [7, 11) is 1.32. The van der Waals surface area contributed by atoms with Gasteiger partial charge in [0.05, 0.1) is 12.7 Å². The van der Waals surface area contributed by atoms with Crippen molar-refractivity contribution in [2.24, 2.45) is 0 Å². The molecule has 0 unspecified atom stereocenters. The zero-order valence-electron chi connectivity index (χ0n) is 16.4. The zero-order valence-corrected chi connectivity index (χ0v) is 17.2. The van der Waals surface area contributed by atoms with Crippen molar-refractivity contribution in [2.45, 2.75) is 24.8 Å². The van der Waals surface area contributed by atoms with Crippen LogP contribution in [0.5, 0.6) is 0 Å². The van der Waals surface area contributed by atoms with Gasteiger partial charge in [0.1, 0.15) is 6.04 Å². The molecule has 2 aromatic carbocycles. The van der Waals surface area contributed by atoms with E-state index in [0.717, 1.165) is 6.42 Å². The van der Waals surface area contributed by atoms with Crippen LogP contribution >= 0.6 is 11.6 Å². The quantitative estimate of drug-likeness (QED) is 0.764. The van der Waals surface area contributed by atoms with Gasteiger partial charge >= 0.3 is 5.97 Å². The van der Waals surface area contributed by atoms with E-state index in [1.165, 1.54) is 7.11 Å². The van der Waals surface area contributed by atoms with Crippen LogP contribution in [-0.4, -0.2) is 42.4 Å². The summed E-state index contributed by atoms with van der Waals surface area (Å²) < 4.78 is 5.07. The van der Waals surface area contributed by atoms with E-state index < -0.39 is 17.9 Å². The van der Waals surface area contributed by atoms with Crippen LogP contribution in [0.4, 0.5) is 0 Å². The van der Waals surface area contributed by atoms with Gasteiger partial charge in [-0.25, -0.2) is 4.79 Å². The van der Waals surface area contributed by atoms with E-state index in [-0.39, 0.29) is 11.8 Å². The predicted octanol–water partition coefficient (Wildman–Crippen LogP) is 3.29. The van der Waals surface area contributed by atoms with Crippen LogP contribution in [0.3, 0.4) is 0 Å². The molecule has 1 N–H and O–H groups in total. The Morgan fingerprint density at radius 2 is 1.80 bits per heavy atom. The average Bonchev–Trinajstić information content (AvgIpc) is 3.26. The van der Waals surface area contributed by atoms with E-state index in [1.54, 1.807) is 53.4 Å². The number of esters is 1. The lowest BCUT2D eigenvalue weighted by Crippen LogP contribution is -2.54.